The van der Waals surface area contributed by atoms with E-state index in [1.54, 1.807) is 0 Å². The summed E-state index contributed by atoms with van der Waals surface area (Å²) in [5.74, 6) is 0. The molecule has 0 nitrogen and oxygen atoms in total. The zero-order valence-corrected chi connectivity index (χ0v) is 11.3. The number of rotatable bonds is 0. The van der Waals surface area contributed by atoms with E-state index in [2.05, 4.69) is 12.1 Å². The van der Waals surface area contributed by atoms with E-state index in [1.807, 2.05) is 24.3 Å². The van der Waals surface area contributed by atoms with Crippen LogP contribution < -0.4 is 21.2 Å². The van der Waals surface area contributed by atoms with Gasteiger partial charge in [-0.05, 0) is 24.3 Å². The van der Waals surface area contributed by atoms with Crippen molar-refractivity contribution in [2.75, 3.05) is 0 Å². The highest BCUT2D eigenvalue weighted by atomic mass is 127. The average molecular weight is 348 g/mol. The second-order valence-electron chi connectivity index (χ2n) is 3.29. The highest BCUT2D eigenvalue weighted by molar-refractivity contribution is 6.33. The van der Waals surface area contributed by atoms with Crippen LogP contribution in [0.4, 0.5) is 0 Å². The van der Waals surface area contributed by atoms with Crippen LogP contribution in [-0.4, -0.2) is 0 Å². The van der Waals surface area contributed by atoms with Crippen molar-refractivity contribution in [3.05, 3.63) is 53.6 Å². The molecule has 2 aromatic carbocycles. The fourth-order valence-corrected chi connectivity index (χ4v) is 5.58. The molecule has 0 radical (unpaired) electrons. The second kappa shape index (κ2) is 3.65. The van der Waals surface area contributed by atoms with Crippen LogP contribution >= 0.6 is 23.2 Å². The molecule has 0 atom stereocenters. The van der Waals surface area contributed by atoms with Gasteiger partial charge in [0.2, 0.25) is 7.14 Å². The van der Waals surface area contributed by atoms with Crippen molar-refractivity contribution in [3.63, 3.8) is 0 Å². The molecule has 3 rings (SSSR count). The molecule has 2 aromatic rings. The van der Waals surface area contributed by atoms with Crippen LogP contribution in [0, 0.1) is 7.14 Å². The summed E-state index contributed by atoms with van der Waals surface area (Å²) in [5, 5.41) is 1.72. The third-order valence-corrected chi connectivity index (χ3v) is 6.51. The molecule has 0 fully saturated rings. The van der Waals surface area contributed by atoms with Crippen molar-refractivity contribution in [2.45, 2.75) is 0 Å². The quantitative estimate of drug-likeness (QED) is 0.534. The molecular weight excluding hydrogens is 342 g/mol. The number of fused-ring (bicyclic) bond motifs is 3. The highest BCUT2D eigenvalue weighted by Gasteiger charge is 2.36. The van der Waals surface area contributed by atoms with Crippen LogP contribution in [0.2, 0.25) is 10.0 Å². The normalized spacial score (nSPS) is 12.4. The SMILES string of the molecule is Clc1cccc2c1[I+]c1cccc(Cl)c1-2. The second-order valence-corrected chi connectivity index (χ2v) is 6.89. The maximum atomic E-state index is 6.22. The maximum Gasteiger partial charge on any atom is 0.361 e. The molecule has 0 saturated carbocycles. The Bertz CT molecular complexity index is 549. The van der Waals surface area contributed by atoms with Gasteiger partial charge in [-0.1, -0.05) is 35.3 Å². The summed E-state index contributed by atoms with van der Waals surface area (Å²) in [5.41, 5.74) is 2.43. The Morgan fingerprint density at radius 2 is 1.60 bits per heavy atom. The molecule has 0 aromatic heterocycles. The first-order valence-electron chi connectivity index (χ1n) is 4.49. The summed E-state index contributed by atoms with van der Waals surface area (Å²) in [6.07, 6.45) is 0. The number of benzene rings is 2. The van der Waals surface area contributed by atoms with Gasteiger partial charge in [-0.2, -0.15) is 0 Å². The summed E-state index contributed by atoms with van der Waals surface area (Å²) in [4.78, 5) is 0. The average Bonchev–Trinajstić information content (AvgIpc) is 2.59. The predicted molar refractivity (Wildman–Crippen MR) is 59.3 cm³/mol. The predicted octanol–water partition coefficient (Wildman–Crippen LogP) is 1.10. The number of hydrogen-bond acceptors (Lipinski definition) is 0. The minimum Gasteiger partial charge on any atom is -0.0835 e. The van der Waals surface area contributed by atoms with Crippen LogP contribution in [0.3, 0.4) is 0 Å². The van der Waals surface area contributed by atoms with Crippen molar-refractivity contribution >= 4 is 23.2 Å². The number of hydrogen-bond donors (Lipinski definition) is 0. The molecule has 0 spiro atoms. The minimum absolute atomic E-state index is 0.152. The van der Waals surface area contributed by atoms with Crippen molar-refractivity contribution < 1.29 is 21.2 Å². The van der Waals surface area contributed by atoms with E-state index in [9.17, 15) is 0 Å². The lowest BCUT2D eigenvalue weighted by molar-refractivity contribution is -0.589. The third kappa shape index (κ3) is 1.49. The van der Waals surface area contributed by atoms with Crippen molar-refractivity contribution in [2.24, 2.45) is 0 Å². The Balaban J connectivity index is 2.36. The van der Waals surface area contributed by atoms with Crippen LogP contribution in [0.25, 0.3) is 11.1 Å². The van der Waals surface area contributed by atoms with Crippen LogP contribution in [0.15, 0.2) is 36.4 Å². The molecule has 1 aliphatic heterocycles. The van der Waals surface area contributed by atoms with E-state index in [4.69, 9.17) is 23.2 Å². The molecular formula is C12H6Cl2I+. The van der Waals surface area contributed by atoms with E-state index in [-0.39, 0.29) is 21.2 Å². The van der Waals surface area contributed by atoms with Gasteiger partial charge in [-0.3, -0.25) is 0 Å². The Hall–Kier alpha value is -0.250. The molecule has 0 bridgehead atoms. The molecule has 3 heteroatoms. The van der Waals surface area contributed by atoms with Gasteiger partial charge in [-0.15, -0.1) is 0 Å². The third-order valence-electron chi connectivity index (χ3n) is 2.38. The van der Waals surface area contributed by atoms with Gasteiger partial charge in [0.25, 0.3) is 0 Å². The van der Waals surface area contributed by atoms with Gasteiger partial charge in [0.1, 0.15) is 0 Å². The molecule has 1 aliphatic rings. The van der Waals surface area contributed by atoms with Crippen molar-refractivity contribution in [3.8, 4) is 11.1 Å². The van der Waals surface area contributed by atoms with E-state index in [1.165, 1.54) is 18.3 Å². The molecule has 1 heterocycles. The first-order chi connectivity index (χ1) is 7.27. The lowest BCUT2D eigenvalue weighted by atomic mass is 10.1. The van der Waals surface area contributed by atoms with E-state index >= 15 is 0 Å². The van der Waals surface area contributed by atoms with Gasteiger partial charge < -0.3 is 0 Å². The Kier molecular flexibility index (Phi) is 2.42. The summed E-state index contributed by atoms with van der Waals surface area (Å²) in [7, 11) is 0. The molecule has 74 valence electrons. The summed E-state index contributed by atoms with van der Waals surface area (Å²) < 4.78 is 2.69. The van der Waals surface area contributed by atoms with E-state index in [0.29, 0.717) is 0 Å². The zero-order valence-electron chi connectivity index (χ0n) is 7.60. The molecule has 0 N–H and O–H groups in total. The van der Waals surface area contributed by atoms with Crippen LogP contribution in [0.1, 0.15) is 0 Å². The fourth-order valence-electron chi connectivity index (χ4n) is 1.73. The molecule has 0 unspecified atom stereocenters. The molecule has 0 amide bonds. The fraction of sp³-hybridized carbons (Fsp3) is 0. The van der Waals surface area contributed by atoms with Crippen molar-refractivity contribution in [1.29, 1.82) is 0 Å². The minimum atomic E-state index is -0.152. The van der Waals surface area contributed by atoms with Gasteiger partial charge in [0, 0.05) is 5.56 Å². The van der Waals surface area contributed by atoms with Gasteiger partial charge in [0.15, 0.2) is 0 Å². The van der Waals surface area contributed by atoms with Gasteiger partial charge in [0.05, 0.1) is 15.6 Å². The summed E-state index contributed by atoms with van der Waals surface area (Å²) in [6, 6.07) is 12.2. The summed E-state index contributed by atoms with van der Waals surface area (Å²) >= 11 is 12.3. The Morgan fingerprint density at radius 3 is 2.47 bits per heavy atom. The topological polar surface area (TPSA) is 0 Å². The monoisotopic (exact) mass is 347 g/mol. The lowest BCUT2D eigenvalue weighted by Crippen LogP contribution is -3.61. The zero-order chi connectivity index (χ0) is 10.4. The standard InChI is InChI=1S/C12H6Cl2I/c13-8-4-2-6-10-11(8)7-3-1-5-9(14)12(7)15-10/h1-6H/q+1. The van der Waals surface area contributed by atoms with Crippen molar-refractivity contribution in [1.82, 2.24) is 0 Å². The number of halogens is 3. The van der Waals surface area contributed by atoms with Crippen LogP contribution in [0.5, 0.6) is 0 Å². The first-order valence-corrected chi connectivity index (χ1v) is 7.41. The lowest BCUT2D eigenvalue weighted by Gasteiger charge is -1.97. The van der Waals surface area contributed by atoms with Crippen LogP contribution in [-0.2, 0) is 0 Å². The van der Waals surface area contributed by atoms with Gasteiger partial charge >= 0.3 is 21.2 Å². The largest absolute Gasteiger partial charge is 0.361 e. The summed E-state index contributed by atoms with van der Waals surface area (Å²) in [6.45, 7) is 0. The van der Waals surface area contributed by atoms with E-state index < -0.39 is 0 Å². The highest BCUT2D eigenvalue weighted by Crippen LogP contribution is 2.31. The maximum absolute atomic E-state index is 6.22. The first kappa shape index (κ1) is 9.94. The molecule has 0 aliphatic carbocycles. The van der Waals surface area contributed by atoms with Gasteiger partial charge in [-0.25, -0.2) is 0 Å². The Morgan fingerprint density at radius 1 is 0.867 bits per heavy atom. The molecule has 15 heavy (non-hydrogen) atoms. The smallest absolute Gasteiger partial charge is 0.0835 e. The molecule has 0 saturated heterocycles. The Labute approximate surface area is 108 Å². The van der Waals surface area contributed by atoms with E-state index in [0.717, 1.165) is 10.0 Å².